The Hall–Kier alpha value is -3.79. The van der Waals surface area contributed by atoms with Crippen LogP contribution in [0.2, 0.25) is 0 Å². The first-order valence-electron chi connectivity index (χ1n) is 8.00. The van der Waals surface area contributed by atoms with E-state index in [-0.39, 0.29) is 6.61 Å². The third-order valence-corrected chi connectivity index (χ3v) is 3.83. The first-order valence-corrected chi connectivity index (χ1v) is 8.00. The molecule has 0 spiro atoms. The first kappa shape index (κ1) is 18.0. The van der Waals surface area contributed by atoms with Gasteiger partial charge in [0, 0.05) is 11.6 Å². The summed E-state index contributed by atoms with van der Waals surface area (Å²) < 4.78 is 21.0. The van der Waals surface area contributed by atoms with Crippen LogP contribution in [0.3, 0.4) is 0 Å². The number of ether oxygens (including phenoxy) is 3. The summed E-state index contributed by atoms with van der Waals surface area (Å²) in [5.41, 5.74) is 2.06. The van der Waals surface area contributed by atoms with E-state index in [1.54, 1.807) is 56.7 Å². The highest BCUT2D eigenvalue weighted by molar-refractivity contribution is 5.89. The molecule has 27 heavy (non-hydrogen) atoms. The third kappa shape index (κ3) is 4.07. The van der Waals surface area contributed by atoms with E-state index in [4.69, 9.17) is 24.0 Å². The van der Waals surface area contributed by atoms with Crippen LogP contribution in [0.5, 0.6) is 11.5 Å². The maximum Gasteiger partial charge on any atom is 0.338 e. The summed E-state index contributed by atoms with van der Waals surface area (Å²) in [4.78, 5) is 12.1. The Morgan fingerprint density at radius 3 is 2.48 bits per heavy atom. The molecule has 136 valence electrons. The number of carbonyl (C=O) groups is 1. The van der Waals surface area contributed by atoms with E-state index in [9.17, 15) is 4.79 Å². The standard InChI is InChI=1S/C20H16N2O5/c1-24-17-8-7-15(9-19(17)25-2)18-10-16(22-27-18)12-26-20(23)14-5-3-13(11-21)4-6-14/h3-10H,12H2,1-2H3. The molecule has 0 saturated carbocycles. The van der Waals surface area contributed by atoms with Crippen LogP contribution in [0.25, 0.3) is 11.3 Å². The molecule has 3 rings (SSSR count). The van der Waals surface area contributed by atoms with E-state index in [2.05, 4.69) is 5.16 Å². The Balaban J connectivity index is 1.67. The summed E-state index contributed by atoms with van der Waals surface area (Å²) in [6.07, 6.45) is 0. The molecule has 2 aromatic carbocycles. The Morgan fingerprint density at radius 1 is 1.07 bits per heavy atom. The Labute approximate surface area is 155 Å². The summed E-state index contributed by atoms with van der Waals surface area (Å²) in [5, 5.41) is 12.7. The molecule has 0 fully saturated rings. The molecule has 1 heterocycles. The minimum atomic E-state index is -0.504. The molecule has 0 N–H and O–H groups in total. The van der Waals surface area contributed by atoms with Gasteiger partial charge in [0.15, 0.2) is 17.3 Å². The maximum absolute atomic E-state index is 12.1. The number of nitrogens with zero attached hydrogens (tertiary/aromatic N) is 2. The van der Waals surface area contributed by atoms with Crippen molar-refractivity contribution in [3.05, 3.63) is 65.4 Å². The number of hydrogen-bond donors (Lipinski definition) is 0. The molecule has 1 aromatic heterocycles. The average molecular weight is 364 g/mol. The minimum absolute atomic E-state index is 0.0321. The minimum Gasteiger partial charge on any atom is -0.493 e. The smallest absolute Gasteiger partial charge is 0.338 e. The fraction of sp³-hybridized carbons (Fsp3) is 0.150. The summed E-state index contributed by atoms with van der Waals surface area (Å²) in [7, 11) is 3.11. The monoisotopic (exact) mass is 364 g/mol. The lowest BCUT2D eigenvalue weighted by atomic mass is 10.1. The predicted molar refractivity (Wildman–Crippen MR) is 95.3 cm³/mol. The van der Waals surface area contributed by atoms with E-state index >= 15 is 0 Å². The second-order valence-electron chi connectivity index (χ2n) is 5.52. The summed E-state index contributed by atoms with van der Waals surface area (Å²) in [6, 6.07) is 15.2. The largest absolute Gasteiger partial charge is 0.493 e. The molecule has 0 saturated heterocycles. The topological polar surface area (TPSA) is 94.6 Å². The highest BCUT2D eigenvalue weighted by atomic mass is 16.5. The fourth-order valence-corrected chi connectivity index (χ4v) is 2.41. The lowest BCUT2D eigenvalue weighted by molar-refractivity contribution is 0.0464. The Kier molecular flexibility index (Phi) is 5.38. The second kappa shape index (κ2) is 8.06. The molecule has 7 heteroatoms. The third-order valence-electron chi connectivity index (χ3n) is 3.83. The van der Waals surface area contributed by atoms with Crippen LogP contribution in [-0.4, -0.2) is 25.3 Å². The van der Waals surface area contributed by atoms with Crippen molar-refractivity contribution in [2.45, 2.75) is 6.61 Å². The van der Waals surface area contributed by atoms with Gasteiger partial charge in [-0.25, -0.2) is 4.79 Å². The fourth-order valence-electron chi connectivity index (χ4n) is 2.41. The van der Waals surface area contributed by atoms with Gasteiger partial charge in [-0.1, -0.05) is 5.16 Å². The van der Waals surface area contributed by atoms with Crippen molar-refractivity contribution in [3.63, 3.8) is 0 Å². The first-order chi connectivity index (χ1) is 13.1. The molecule has 0 aliphatic carbocycles. The van der Waals surface area contributed by atoms with Gasteiger partial charge in [0.1, 0.15) is 12.3 Å². The average Bonchev–Trinajstić information content (AvgIpc) is 3.20. The van der Waals surface area contributed by atoms with Crippen molar-refractivity contribution in [1.82, 2.24) is 5.16 Å². The molecule has 0 atom stereocenters. The van der Waals surface area contributed by atoms with Crippen molar-refractivity contribution < 1.29 is 23.5 Å². The molecule has 0 bridgehead atoms. The van der Waals surface area contributed by atoms with Crippen LogP contribution >= 0.6 is 0 Å². The summed E-state index contributed by atoms with van der Waals surface area (Å²) in [5.74, 6) is 1.19. The van der Waals surface area contributed by atoms with Crippen molar-refractivity contribution in [2.75, 3.05) is 14.2 Å². The molecule has 0 unspecified atom stereocenters. The Morgan fingerprint density at radius 2 is 1.81 bits per heavy atom. The highest BCUT2D eigenvalue weighted by Gasteiger charge is 2.13. The number of nitriles is 1. The number of aromatic nitrogens is 1. The molecule has 0 aliphatic rings. The van der Waals surface area contributed by atoms with Crippen LogP contribution < -0.4 is 9.47 Å². The number of esters is 1. The van der Waals surface area contributed by atoms with Crippen molar-refractivity contribution in [2.24, 2.45) is 0 Å². The highest BCUT2D eigenvalue weighted by Crippen LogP contribution is 2.32. The van der Waals surface area contributed by atoms with Crippen LogP contribution in [0.1, 0.15) is 21.6 Å². The Bertz CT molecular complexity index is 986. The van der Waals surface area contributed by atoms with Crippen LogP contribution in [0.4, 0.5) is 0 Å². The van der Waals surface area contributed by atoms with Gasteiger partial charge in [0.05, 0.1) is 31.4 Å². The van der Waals surface area contributed by atoms with Crippen LogP contribution in [0, 0.1) is 11.3 Å². The summed E-state index contributed by atoms with van der Waals surface area (Å²) >= 11 is 0. The molecule has 3 aromatic rings. The van der Waals surface area contributed by atoms with Crippen molar-refractivity contribution in [1.29, 1.82) is 5.26 Å². The van der Waals surface area contributed by atoms with Gasteiger partial charge in [-0.15, -0.1) is 0 Å². The van der Waals surface area contributed by atoms with Crippen molar-refractivity contribution in [3.8, 4) is 28.9 Å². The number of rotatable bonds is 6. The van der Waals surface area contributed by atoms with E-state index in [0.29, 0.717) is 34.1 Å². The molecule has 0 amide bonds. The number of carbonyl (C=O) groups excluding carboxylic acids is 1. The lowest BCUT2D eigenvalue weighted by Gasteiger charge is -2.07. The SMILES string of the molecule is COc1ccc(-c2cc(COC(=O)c3ccc(C#N)cc3)no2)cc1OC. The number of benzene rings is 2. The normalized spacial score (nSPS) is 10.1. The van der Waals surface area contributed by atoms with E-state index in [1.165, 1.54) is 0 Å². The zero-order valence-electron chi connectivity index (χ0n) is 14.8. The van der Waals surface area contributed by atoms with Gasteiger partial charge in [0.2, 0.25) is 0 Å². The quantitative estimate of drug-likeness (QED) is 0.617. The van der Waals surface area contributed by atoms with Crippen molar-refractivity contribution >= 4 is 5.97 Å². The van der Waals surface area contributed by atoms with Gasteiger partial charge in [-0.3, -0.25) is 0 Å². The van der Waals surface area contributed by atoms with Gasteiger partial charge in [-0.05, 0) is 42.5 Å². The van der Waals surface area contributed by atoms with Gasteiger partial charge < -0.3 is 18.7 Å². The second-order valence-corrected chi connectivity index (χ2v) is 5.52. The van der Waals surface area contributed by atoms with E-state index in [1.807, 2.05) is 12.1 Å². The lowest BCUT2D eigenvalue weighted by Crippen LogP contribution is -2.05. The molecular formula is C20H16N2O5. The van der Waals surface area contributed by atoms with Crippen LogP contribution in [-0.2, 0) is 11.3 Å². The van der Waals surface area contributed by atoms with Gasteiger partial charge in [0.25, 0.3) is 0 Å². The molecule has 0 radical (unpaired) electrons. The van der Waals surface area contributed by atoms with Gasteiger partial charge in [-0.2, -0.15) is 5.26 Å². The zero-order valence-corrected chi connectivity index (χ0v) is 14.8. The molecule has 0 aliphatic heterocycles. The van der Waals surface area contributed by atoms with E-state index < -0.39 is 5.97 Å². The number of methoxy groups -OCH3 is 2. The van der Waals surface area contributed by atoms with Crippen LogP contribution in [0.15, 0.2) is 53.1 Å². The maximum atomic E-state index is 12.1. The molecular weight excluding hydrogens is 348 g/mol. The summed E-state index contributed by atoms with van der Waals surface area (Å²) in [6.45, 7) is -0.0321. The van der Waals surface area contributed by atoms with E-state index in [0.717, 1.165) is 5.56 Å². The molecule has 7 nitrogen and oxygen atoms in total. The zero-order chi connectivity index (χ0) is 19.2. The van der Waals surface area contributed by atoms with Gasteiger partial charge >= 0.3 is 5.97 Å². The number of hydrogen-bond acceptors (Lipinski definition) is 7. The predicted octanol–water partition coefficient (Wildman–Crippen LogP) is 3.59.